The minimum absolute atomic E-state index is 0.470. The lowest BCUT2D eigenvalue weighted by Gasteiger charge is -2.32. The minimum Gasteiger partial charge on any atom is -0.481 e. The van der Waals surface area contributed by atoms with Gasteiger partial charge >= 0.3 is 5.97 Å². The first-order valence-corrected chi connectivity index (χ1v) is 7.14. The molecule has 0 radical (unpaired) electrons. The van der Waals surface area contributed by atoms with Crippen molar-refractivity contribution in [3.63, 3.8) is 0 Å². The highest BCUT2D eigenvalue weighted by molar-refractivity contribution is 5.76. The van der Waals surface area contributed by atoms with Crippen LogP contribution in [0, 0.1) is 12.3 Å². The van der Waals surface area contributed by atoms with Crippen LogP contribution in [-0.2, 0) is 11.2 Å². The zero-order chi connectivity index (χ0) is 14.2. The summed E-state index contributed by atoms with van der Waals surface area (Å²) in [5.41, 5.74) is 2.02. The number of aliphatic carboxylic acids is 1. The van der Waals surface area contributed by atoms with E-state index < -0.39 is 11.4 Å². The molecule has 2 N–H and O–H groups in total. The number of rotatable bonds is 3. The number of H-pyrrole nitrogens is 1. The molecule has 2 aromatic heterocycles. The number of pyridine rings is 1. The fourth-order valence-electron chi connectivity index (χ4n) is 3.18. The molecule has 0 amide bonds. The second-order valence-corrected chi connectivity index (χ2v) is 5.83. The molecule has 2 aromatic rings. The van der Waals surface area contributed by atoms with Gasteiger partial charge in [-0.05, 0) is 31.4 Å². The van der Waals surface area contributed by atoms with Crippen LogP contribution in [0.1, 0.15) is 43.5 Å². The first-order chi connectivity index (χ1) is 9.61. The molecule has 3 rings (SSSR count). The largest absolute Gasteiger partial charge is 0.481 e. The molecule has 1 aliphatic carbocycles. The Morgan fingerprint density at radius 1 is 1.40 bits per heavy atom. The smallest absolute Gasteiger partial charge is 0.310 e. The molecule has 5 nitrogen and oxygen atoms in total. The Bertz CT molecular complexity index is 642. The number of imidazole rings is 1. The predicted molar refractivity (Wildman–Crippen MR) is 75.5 cm³/mol. The lowest BCUT2D eigenvalue weighted by Crippen LogP contribution is -2.35. The molecule has 1 aliphatic rings. The molecular weight excluding hydrogens is 254 g/mol. The van der Waals surface area contributed by atoms with E-state index >= 15 is 0 Å². The molecule has 106 valence electrons. The van der Waals surface area contributed by atoms with E-state index in [9.17, 15) is 9.90 Å². The third-order valence-corrected chi connectivity index (χ3v) is 4.42. The van der Waals surface area contributed by atoms with Crippen LogP contribution in [0.4, 0.5) is 0 Å². The standard InChI is InChI=1S/C15H19N3O2/c1-10-5-8-16-13-12(10)17-11(18-13)9-15(14(19)20)6-3-2-4-7-15/h5,8H,2-4,6-7,9H2,1H3,(H,19,20)(H,16,17,18). The summed E-state index contributed by atoms with van der Waals surface area (Å²) in [6, 6.07) is 1.93. The van der Waals surface area contributed by atoms with Crippen LogP contribution in [0.15, 0.2) is 12.3 Å². The van der Waals surface area contributed by atoms with E-state index in [4.69, 9.17) is 0 Å². The zero-order valence-corrected chi connectivity index (χ0v) is 11.6. The highest BCUT2D eigenvalue weighted by atomic mass is 16.4. The van der Waals surface area contributed by atoms with Crippen LogP contribution >= 0.6 is 0 Å². The monoisotopic (exact) mass is 273 g/mol. The summed E-state index contributed by atoms with van der Waals surface area (Å²) in [5.74, 6) is 0.0495. The summed E-state index contributed by atoms with van der Waals surface area (Å²) in [5, 5.41) is 9.62. The number of aromatic amines is 1. The highest BCUT2D eigenvalue weighted by Gasteiger charge is 2.40. The van der Waals surface area contributed by atoms with E-state index in [1.54, 1.807) is 6.20 Å². The molecule has 0 atom stereocenters. The van der Waals surface area contributed by atoms with Gasteiger partial charge in [-0.2, -0.15) is 0 Å². The first-order valence-electron chi connectivity index (χ1n) is 7.14. The van der Waals surface area contributed by atoms with Gasteiger partial charge in [-0.25, -0.2) is 9.97 Å². The van der Waals surface area contributed by atoms with Crippen molar-refractivity contribution in [3.8, 4) is 0 Å². The van der Waals surface area contributed by atoms with Crippen LogP contribution in [0.3, 0.4) is 0 Å². The van der Waals surface area contributed by atoms with Crippen molar-refractivity contribution in [1.29, 1.82) is 0 Å². The number of fused-ring (bicyclic) bond motifs is 1. The number of nitrogens with zero attached hydrogens (tertiary/aromatic N) is 2. The van der Waals surface area contributed by atoms with Crippen LogP contribution in [0.25, 0.3) is 11.2 Å². The van der Waals surface area contributed by atoms with Gasteiger partial charge in [0.15, 0.2) is 5.65 Å². The average molecular weight is 273 g/mol. The third kappa shape index (κ3) is 2.17. The van der Waals surface area contributed by atoms with Gasteiger partial charge in [-0.3, -0.25) is 4.79 Å². The van der Waals surface area contributed by atoms with Crippen LogP contribution in [0.2, 0.25) is 0 Å². The number of aryl methyl sites for hydroxylation is 1. The van der Waals surface area contributed by atoms with E-state index in [0.717, 1.165) is 49.0 Å². The molecule has 1 saturated carbocycles. The van der Waals surface area contributed by atoms with Gasteiger partial charge in [0.25, 0.3) is 0 Å². The highest BCUT2D eigenvalue weighted by Crippen LogP contribution is 2.39. The van der Waals surface area contributed by atoms with Crippen molar-refractivity contribution in [1.82, 2.24) is 15.0 Å². The van der Waals surface area contributed by atoms with E-state index in [0.29, 0.717) is 12.1 Å². The van der Waals surface area contributed by atoms with Crippen molar-refractivity contribution in [2.24, 2.45) is 5.41 Å². The third-order valence-electron chi connectivity index (χ3n) is 4.42. The molecule has 0 aromatic carbocycles. The van der Waals surface area contributed by atoms with Crippen molar-refractivity contribution >= 4 is 17.1 Å². The Morgan fingerprint density at radius 2 is 2.15 bits per heavy atom. The molecule has 0 saturated heterocycles. The molecule has 0 unspecified atom stereocenters. The Labute approximate surface area is 117 Å². The van der Waals surface area contributed by atoms with Gasteiger partial charge in [0.1, 0.15) is 5.82 Å². The van der Waals surface area contributed by atoms with Crippen LogP contribution in [-0.4, -0.2) is 26.0 Å². The molecular formula is C15H19N3O2. The predicted octanol–water partition coefficient (Wildman–Crippen LogP) is 2.84. The Hall–Kier alpha value is -1.91. The number of carboxylic acids is 1. The number of aromatic nitrogens is 3. The Kier molecular flexibility index (Phi) is 3.20. The van der Waals surface area contributed by atoms with Gasteiger partial charge < -0.3 is 10.1 Å². The van der Waals surface area contributed by atoms with E-state index in [-0.39, 0.29) is 0 Å². The second kappa shape index (κ2) is 4.89. The fourth-order valence-corrected chi connectivity index (χ4v) is 3.18. The minimum atomic E-state index is -0.692. The zero-order valence-electron chi connectivity index (χ0n) is 11.6. The van der Waals surface area contributed by atoms with Crippen molar-refractivity contribution in [2.75, 3.05) is 0 Å². The van der Waals surface area contributed by atoms with Crippen LogP contribution < -0.4 is 0 Å². The molecule has 0 aliphatic heterocycles. The van der Waals surface area contributed by atoms with Crippen molar-refractivity contribution in [2.45, 2.75) is 45.4 Å². The molecule has 20 heavy (non-hydrogen) atoms. The maximum absolute atomic E-state index is 11.7. The van der Waals surface area contributed by atoms with Gasteiger partial charge in [0, 0.05) is 12.6 Å². The maximum atomic E-state index is 11.7. The summed E-state index contributed by atoms with van der Waals surface area (Å²) in [6.07, 6.45) is 6.80. The van der Waals surface area contributed by atoms with Gasteiger partial charge in [0.05, 0.1) is 10.9 Å². The SMILES string of the molecule is Cc1ccnc2nc(CC3(C(=O)O)CCCCC3)[nH]c12. The van der Waals surface area contributed by atoms with Crippen molar-refractivity contribution < 1.29 is 9.90 Å². The summed E-state index contributed by atoms with van der Waals surface area (Å²) in [7, 11) is 0. The average Bonchev–Trinajstić information content (AvgIpc) is 2.83. The summed E-state index contributed by atoms with van der Waals surface area (Å²) in [6.45, 7) is 2.00. The van der Waals surface area contributed by atoms with Crippen molar-refractivity contribution in [3.05, 3.63) is 23.7 Å². The Morgan fingerprint density at radius 3 is 2.80 bits per heavy atom. The quantitative estimate of drug-likeness (QED) is 0.901. The number of carbonyl (C=O) groups is 1. The first kappa shape index (κ1) is 13.1. The summed E-state index contributed by atoms with van der Waals surface area (Å²) in [4.78, 5) is 23.7. The topological polar surface area (TPSA) is 78.9 Å². The number of hydrogen-bond acceptors (Lipinski definition) is 3. The molecule has 5 heteroatoms. The summed E-state index contributed by atoms with van der Waals surface area (Å²) < 4.78 is 0. The Balaban J connectivity index is 1.94. The molecule has 0 bridgehead atoms. The molecule has 1 fully saturated rings. The lowest BCUT2D eigenvalue weighted by atomic mass is 9.72. The fraction of sp³-hybridized carbons (Fsp3) is 0.533. The number of carboxylic acid groups (broad SMARTS) is 1. The summed E-state index contributed by atoms with van der Waals surface area (Å²) >= 11 is 0. The number of hydrogen-bond donors (Lipinski definition) is 2. The maximum Gasteiger partial charge on any atom is 0.310 e. The van der Waals surface area contributed by atoms with Gasteiger partial charge in [0.2, 0.25) is 0 Å². The lowest BCUT2D eigenvalue weighted by molar-refractivity contribution is -0.151. The van der Waals surface area contributed by atoms with E-state index in [1.165, 1.54) is 0 Å². The second-order valence-electron chi connectivity index (χ2n) is 5.83. The molecule has 2 heterocycles. The van der Waals surface area contributed by atoms with Crippen LogP contribution in [0.5, 0.6) is 0 Å². The van der Waals surface area contributed by atoms with Gasteiger partial charge in [-0.15, -0.1) is 0 Å². The normalized spacial score (nSPS) is 18.2. The van der Waals surface area contributed by atoms with E-state index in [1.807, 2.05) is 13.0 Å². The molecule has 0 spiro atoms. The number of nitrogens with one attached hydrogen (secondary N) is 1. The van der Waals surface area contributed by atoms with Gasteiger partial charge in [-0.1, -0.05) is 19.3 Å². The van der Waals surface area contributed by atoms with E-state index in [2.05, 4.69) is 15.0 Å².